The Kier molecular flexibility index (Phi) is 7.29. The molecule has 1 aliphatic rings. The van der Waals surface area contributed by atoms with Crippen LogP contribution < -0.4 is 5.32 Å². The predicted molar refractivity (Wildman–Crippen MR) is 116 cm³/mol. The van der Waals surface area contributed by atoms with Crippen LogP contribution in [-0.2, 0) is 4.79 Å². The van der Waals surface area contributed by atoms with Crippen molar-refractivity contribution in [2.75, 3.05) is 33.7 Å². The highest BCUT2D eigenvalue weighted by Gasteiger charge is 2.29. The second-order valence-electron chi connectivity index (χ2n) is 7.81. The molecule has 0 unspecified atom stereocenters. The molecule has 154 valence electrons. The molecule has 0 aliphatic carbocycles. The third-order valence-electron chi connectivity index (χ3n) is 5.31. The maximum Gasteiger partial charge on any atom is 0.253 e. The molecule has 1 heterocycles. The highest BCUT2D eigenvalue weighted by molar-refractivity contribution is 6.30. The van der Waals surface area contributed by atoms with Crippen LogP contribution in [0.1, 0.15) is 34.8 Å². The van der Waals surface area contributed by atoms with Crippen molar-refractivity contribution in [3.8, 4) is 0 Å². The monoisotopic (exact) mass is 413 g/mol. The molecule has 2 aromatic carbocycles. The number of nitrogens with one attached hydrogen (secondary N) is 1. The Morgan fingerprint density at radius 2 is 1.69 bits per heavy atom. The van der Waals surface area contributed by atoms with E-state index in [0.29, 0.717) is 36.5 Å². The predicted octanol–water partition coefficient (Wildman–Crippen LogP) is 3.61. The van der Waals surface area contributed by atoms with Gasteiger partial charge in [-0.3, -0.25) is 9.59 Å². The van der Waals surface area contributed by atoms with E-state index in [1.807, 2.05) is 49.3 Å². The van der Waals surface area contributed by atoms with E-state index < -0.39 is 0 Å². The third kappa shape index (κ3) is 5.81. The van der Waals surface area contributed by atoms with Crippen molar-refractivity contribution in [2.45, 2.75) is 18.9 Å². The van der Waals surface area contributed by atoms with Crippen molar-refractivity contribution in [1.29, 1.82) is 0 Å². The SMILES string of the molecule is CN(C)C[C@H](NC(=O)C1CCN(C(=O)c2ccc(Cl)cc2)CC1)c1ccccc1. The summed E-state index contributed by atoms with van der Waals surface area (Å²) >= 11 is 5.90. The van der Waals surface area contributed by atoms with E-state index in [4.69, 9.17) is 11.6 Å². The maximum atomic E-state index is 12.9. The summed E-state index contributed by atoms with van der Waals surface area (Å²) in [7, 11) is 4.01. The standard InChI is InChI=1S/C23H28ClN3O2/c1-26(2)16-21(17-6-4-3-5-7-17)25-22(28)18-12-14-27(15-13-18)23(29)19-8-10-20(24)11-9-19/h3-11,18,21H,12-16H2,1-2H3,(H,25,28)/t21-/m0/s1. The molecule has 0 radical (unpaired) electrons. The molecule has 0 aromatic heterocycles. The van der Waals surface area contributed by atoms with Gasteiger partial charge in [-0.25, -0.2) is 0 Å². The van der Waals surface area contributed by atoms with Gasteiger partial charge in [0.15, 0.2) is 0 Å². The molecule has 29 heavy (non-hydrogen) atoms. The number of hydrogen-bond acceptors (Lipinski definition) is 3. The van der Waals surface area contributed by atoms with Crippen LogP contribution in [0.5, 0.6) is 0 Å². The molecular formula is C23H28ClN3O2. The van der Waals surface area contributed by atoms with Gasteiger partial charge in [0.2, 0.25) is 5.91 Å². The zero-order valence-electron chi connectivity index (χ0n) is 17.0. The maximum absolute atomic E-state index is 12.9. The number of benzene rings is 2. The number of hydrogen-bond donors (Lipinski definition) is 1. The minimum atomic E-state index is -0.0716. The number of likely N-dealkylation sites (N-methyl/N-ethyl adjacent to an activating group) is 1. The first kappa shape index (κ1) is 21.3. The first-order chi connectivity index (χ1) is 13.9. The van der Waals surface area contributed by atoms with Crippen LogP contribution >= 0.6 is 11.6 Å². The molecule has 5 nitrogen and oxygen atoms in total. The van der Waals surface area contributed by atoms with E-state index in [1.165, 1.54) is 0 Å². The van der Waals surface area contributed by atoms with Gasteiger partial charge in [0.05, 0.1) is 6.04 Å². The topological polar surface area (TPSA) is 52.7 Å². The molecule has 1 N–H and O–H groups in total. The van der Waals surface area contributed by atoms with E-state index in [0.717, 1.165) is 12.1 Å². The number of carbonyl (C=O) groups excluding carboxylic acids is 2. The highest BCUT2D eigenvalue weighted by Crippen LogP contribution is 2.22. The van der Waals surface area contributed by atoms with Crippen LogP contribution in [-0.4, -0.2) is 55.3 Å². The van der Waals surface area contributed by atoms with Gasteiger partial charge in [0.25, 0.3) is 5.91 Å². The fourth-order valence-electron chi connectivity index (χ4n) is 3.69. The Labute approximate surface area is 177 Å². The summed E-state index contributed by atoms with van der Waals surface area (Å²) in [6.07, 6.45) is 1.35. The van der Waals surface area contributed by atoms with Gasteiger partial charge in [-0.1, -0.05) is 41.9 Å². The lowest BCUT2D eigenvalue weighted by Crippen LogP contribution is -2.44. The number of halogens is 1. The summed E-state index contributed by atoms with van der Waals surface area (Å²) < 4.78 is 0. The van der Waals surface area contributed by atoms with Gasteiger partial charge >= 0.3 is 0 Å². The van der Waals surface area contributed by atoms with Crippen LogP contribution in [0.2, 0.25) is 5.02 Å². The Hall–Kier alpha value is -2.37. The van der Waals surface area contributed by atoms with Crippen molar-refractivity contribution in [2.24, 2.45) is 5.92 Å². The molecule has 0 spiro atoms. The molecule has 6 heteroatoms. The molecule has 0 bridgehead atoms. The van der Waals surface area contributed by atoms with Crippen LogP contribution in [0.4, 0.5) is 0 Å². The number of nitrogens with zero attached hydrogens (tertiary/aromatic N) is 2. The van der Waals surface area contributed by atoms with Gasteiger partial charge in [-0.2, -0.15) is 0 Å². The van der Waals surface area contributed by atoms with Crippen LogP contribution in [0.25, 0.3) is 0 Å². The van der Waals surface area contributed by atoms with E-state index in [-0.39, 0.29) is 23.8 Å². The molecule has 2 amide bonds. The van der Waals surface area contributed by atoms with Gasteiger partial charge < -0.3 is 15.1 Å². The van der Waals surface area contributed by atoms with Crippen LogP contribution in [0.3, 0.4) is 0 Å². The molecule has 1 saturated heterocycles. The second-order valence-corrected chi connectivity index (χ2v) is 8.24. The number of likely N-dealkylation sites (tertiary alicyclic amines) is 1. The van der Waals surface area contributed by atoms with Crippen LogP contribution in [0.15, 0.2) is 54.6 Å². The normalized spacial score (nSPS) is 15.9. The number of carbonyl (C=O) groups is 2. The van der Waals surface area contributed by atoms with Crippen molar-refractivity contribution in [1.82, 2.24) is 15.1 Å². The summed E-state index contributed by atoms with van der Waals surface area (Å²) in [6, 6.07) is 16.9. The zero-order chi connectivity index (χ0) is 20.8. The average molecular weight is 414 g/mol. The van der Waals surface area contributed by atoms with Gasteiger partial charge in [-0.05, 0) is 56.8 Å². The molecule has 2 aromatic rings. The zero-order valence-corrected chi connectivity index (χ0v) is 17.7. The van der Waals surface area contributed by atoms with Gasteiger partial charge in [-0.15, -0.1) is 0 Å². The summed E-state index contributed by atoms with van der Waals surface area (Å²) in [4.78, 5) is 29.4. The van der Waals surface area contributed by atoms with E-state index >= 15 is 0 Å². The van der Waals surface area contributed by atoms with Gasteiger partial charge in [0.1, 0.15) is 0 Å². The van der Waals surface area contributed by atoms with Crippen molar-refractivity contribution < 1.29 is 9.59 Å². The highest BCUT2D eigenvalue weighted by atomic mass is 35.5. The van der Waals surface area contributed by atoms with Crippen molar-refractivity contribution in [3.63, 3.8) is 0 Å². The molecule has 1 aliphatic heterocycles. The fourth-order valence-corrected chi connectivity index (χ4v) is 3.82. The summed E-state index contributed by atoms with van der Waals surface area (Å²) in [6.45, 7) is 1.91. The summed E-state index contributed by atoms with van der Waals surface area (Å²) in [5, 5.41) is 3.83. The lowest BCUT2D eigenvalue weighted by atomic mass is 9.94. The Balaban J connectivity index is 1.57. The quantitative estimate of drug-likeness (QED) is 0.787. The van der Waals surface area contributed by atoms with Gasteiger partial charge in [0, 0.05) is 36.1 Å². The Bertz CT molecular complexity index is 816. The lowest BCUT2D eigenvalue weighted by Gasteiger charge is -2.32. The largest absolute Gasteiger partial charge is 0.348 e. The molecule has 1 fully saturated rings. The van der Waals surface area contributed by atoms with Crippen molar-refractivity contribution >= 4 is 23.4 Å². The average Bonchev–Trinajstić information content (AvgIpc) is 2.73. The van der Waals surface area contributed by atoms with E-state index in [2.05, 4.69) is 10.2 Å². The minimum Gasteiger partial charge on any atom is -0.348 e. The van der Waals surface area contributed by atoms with Crippen molar-refractivity contribution in [3.05, 3.63) is 70.7 Å². The third-order valence-corrected chi connectivity index (χ3v) is 5.56. The smallest absolute Gasteiger partial charge is 0.253 e. The second kappa shape index (κ2) is 9.90. The minimum absolute atomic E-state index is 0.00436. The number of rotatable bonds is 6. The molecule has 3 rings (SSSR count). The number of piperidine rings is 1. The van der Waals surface area contributed by atoms with E-state index in [1.54, 1.807) is 24.3 Å². The van der Waals surface area contributed by atoms with E-state index in [9.17, 15) is 9.59 Å². The molecule has 1 atom stereocenters. The van der Waals surface area contributed by atoms with Crippen LogP contribution in [0, 0.1) is 5.92 Å². The lowest BCUT2D eigenvalue weighted by molar-refractivity contribution is -0.127. The first-order valence-electron chi connectivity index (χ1n) is 9.99. The Morgan fingerprint density at radius 1 is 1.07 bits per heavy atom. The summed E-state index contributed by atoms with van der Waals surface area (Å²) in [5.74, 6) is -0.00719. The summed E-state index contributed by atoms with van der Waals surface area (Å²) in [5.41, 5.74) is 1.73. The molecule has 0 saturated carbocycles. The first-order valence-corrected chi connectivity index (χ1v) is 10.4. The Morgan fingerprint density at radius 3 is 2.28 bits per heavy atom. The fraction of sp³-hybridized carbons (Fsp3) is 0.391. The number of amides is 2. The molecular weight excluding hydrogens is 386 g/mol.